The molecule has 2 aliphatic rings. The van der Waals surface area contributed by atoms with E-state index in [9.17, 15) is 13.2 Å². The Morgan fingerprint density at radius 1 is 1.09 bits per heavy atom. The highest BCUT2D eigenvalue weighted by Gasteiger charge is 2.28. The molecule has 2 heterocycles. The zero-order chi connectivity index (χ0) is 23.4. The smallest absolute Gasteiger partial charge is 0.241 e. The number of amides is 1. The average Bonchev–Trinajstić information content (AvgIpc) is 2.96. The predicted molar refractivity (Wildman–Crippen MR) is 134 cm³/mol. The number of hydrogen-bond donors (Lipinski definition) is 1. The molecule has 4 rings (SSSR count). The van der Waals surface area contributed by atoms with Crippen LogP contribution in [0, 0.1) is 12.8 Å². The number of rotatable bonds is 6. The van der Waals surface area contributed by atoms with E-state index >= 15 is 0 Å². The lowest BCUT2D eigenvalue weighted by Gasteiger charge is -2.34. The number of hydrogen-bond acceptors (Lipinski definition) is 5. The van der Waals surface area contributed by atoms with Crippen molar-refractivity contribution in [3.63, 3.8) is 0 Å². The van der Waals surface area contributed by atoms with Crippen molar-refractivity contribution >= 4 is 33.4 Å². The van der Waals surface area contributed by atoms with Crippen molar-refractivity contribution in [2.75, 3.05) is 37.6 Å². The number of carbonyl (C=O) groups excluding carboxylic acids is 1. The second kappa shape index (κ2) is 10.6. The summed E-state index contributed by atoms with van der Waals surface area (Å²) in [6.45, 7) is 7.23. The summed E-state index contributed by atoms with van der Waals surface area (Å²) in [5.41, 5.74) is 2.04. The molecule has 178 valence electrons. The largest absolute Gasteiger partial charge is 0.310 e. The minimum absolute atomic E-state index is 0.123. The number of anilines is 1. The van der Waals surface area contributed by atoms with Gasteiger partial charge in [0.1, 0.15) is 0 Å². The van der Waals surface area contributed by atoms with Crippen molar-refractivity contribution < 1.29 is 13.2 Å². The normalized spacial score (nSPS) is 21.9. The fourth-order valence-corrected chi connectivity index (χ4v) is 6.74. The van der Waals surface area contributed by atoms with Crippen molar-refractivity contribution in [1.29, 1.82) is 0 Å². The molecule has 1 amide bonds. The number of likely N-dealkylation sites (tertiary alicyclic amines) is 1. The lowest BCUT2D eigenvalue weighted by atomic mass is 9.98. The third-order valence-corrected chi connectivity index (χ3v) is 9.08. The van der Waals surface area contributed by atoms with Gasteiger partial charge in [-0.1, -0.05) is 36.8 Å². The van der Waals surface area contributed by atoms with Gasteiger partial charge in [-0.25, -0.2) is 13.1 Å². The Morgan fingerprint density at radius 3 is 2.64 bits per heavy atom. The molecule has 33 heavy (non-hydrogen) atoms. The number of fused-ring (bicyclic) bond motifs is 1. The van der Waals surface area contributed by atoms with Gasteiger partial charge in [-0.05, 0) is 62.9 Å². The zero-order valence-electron chi connectivity index (χ0n) is 19.4. The van der Waals surface area contributed by atoms with Gasteiger partial charge in [0.25, 0.3) is 0 Å². The molecule has 2 aromatic carbocycles. The van der Waals surface area contributed by atoms with Gasteiger partial charge >= 0.3 is 0 Å². The van der Waals surface area contributed by atoms with Crippen LogP contribution in [0.4, 0.5) is 5.69 Å². The van der Waals surface area contributed by atoms with Crippen LogP contribution in [0.5, 0.6) is 0 Å². The second-order valence-corrected chi connectivity index (χ2v) is 12.4. The highest BCUT2D eigenvalue weighted by molar-refractivity contribution is 8.00. The van der Waals surface area contributed by atoms with E-state index in [1.165, 1.54) is 0 Å². The Balaban J connectivity index is 1.35. The van der Waals surface area contributed by atoms with Crippen LogP contribution in [0.2, 0.25) is 0 Å². The number of para-hydroxylation sites is 1. The zero-order valence-corrected chi connectivity index (χ0v) is 21.0. The summed E-state index contributed by atoms with van der Waals surface area (Å²) < 4.78 is 28.1. The molecule has 2 aromatic rings. The summed E-state index contributed by atoms with van der Waals surface area (Å²) in [6.07, 6.45) is 2.89. The van der Waals surface area contributed by atoms with Crippen LogP contribution >= 0.6 is 11.8 Å². The van der Waals surface area contributed by atoms with Crippen LogP contribution < -0.4 is 9.62 Å². The summed E-state index contributed by atoms with van der Waals surface area (Å²) in [5, 5.41) is 0.477. The molecular weight excluding hydrogens is 454 g/mol. The number of carbonyl (C=O) groups is 1. The molecule has 8 heteroatoms. The molecule has 0 bridgehead atoms. The van der Waals surface area contributed by atoms with E-state index in [1.54, 1.807) is 12.1 Å². The SMILES string of the molecule is Cc1ccc(S(=O)(=O)NCC2CCCN(CC(=O)N3CCC(C)Sc4ccccc43)C2)cc1. The van der Waals surface area contributed by atoms with Crippen molar-refractivity contribution in [3.05, 3.63) is 54.1 Å². The number of sulfonamides is 1. The molecule has 0 saturated carbocycles. The number of piperidine rings is 1. The van der Waals surface area contributed by atoms with E-state index in [0.717, 1.165) is 55.0 Å². The molecule has 1 fully saturated rings. The first-order valence-corrected chi connectivity index (χ1v) is 14.0. The number of thioether (sulfide) groups is 1. The van der Waals surface area contributed by atoms with Crippen LogP contribution in [0.15, 0.2) is 58.3 Å². The molecule has 1 saturated heterocycles. The third-order valence-electron chi connectivity index (χ3n) is 6.40. The first-order valence-electron chi connectivity index (χ1n) is 11.7. The maximum atomic E-state index is 13.3. The molecule has 2 atom stereocenters. The van der Waals surface area contributed by atoms with Crippen LogP contribution in [0.25, 0.3) is 0 Å². The topological polar surface area (TPSA) is 69.7 Å². The minimum atomic E-state index is -3.52. The van der Waals surface area contributed by atoms with Crippen LogP contribution in [-0.2, 0) is 14.8 Å². The summed E-state index contributed by atoms with van der Waals surface area (Å²) in [7, 11) is -3.52. The summed E-state index contributed by atoms with van der Waals surface area (Å²) in [5.74, 6) is 0.316. The van der Waals surface area contributed by atoms with Gasteiger partial charge in [0.2, 0.25) is 15.9 Å². The Labute approximate surface area is 201 Å². The van der Waals surface area contributed by atoms with E-state index in [0.29, 0.717) is 23.2 Å². The monoisotopic (exact) mass is 487 g/mol. The molecule has 2 unspecified atom stereocenters. The lowest BCUT2D eigenvalue weighted by molar-refractivity contribution is -0.120. The van der Waals surface area contributed by atoms with Crippen molar-refractivity contribution in [2.24, 2.45) is 5.92 Å². The molecule has 0 spiro atoms. The fourth-order valence-electron chi connectivity index (χ4n) is 4.51. The van der Waals surface area contributed by atoms with Crippen molar-refractivity contribution in [3.8, 4) is 0 Å². The van der Waals surface area contributed by atoms with Gasteiger partial charge in [0.05, 0.1) is 17.1 Å². The predicted octanol–water partition coefficient (Wildman–Crippen LogP) is 3.90. The molecule has 0 radical (unpaired) electrons. The minimum Gasteiger partial charge on any atom is -0.310 e. The van der Waals surface area contributed by atoms with Gasteiger partial charge in [0, 0.05) is 29.8 Å². The van der Waals surface area contributed by atoms with Crippen LogP contribution in [-0.4, -0.2) is 57.2 Å². The van der Waals surface area contributed by atoms with Crippen LogP contribution in [0.3, 0.4) is 0 Å². The highest BCUT2D eigenvalue weighted by atomic mass is 32.2. The maximum Gasteiger partial charge on any atom is 0.241 e. The standard InChI is InChI=1S/C25H33N3O3S2/c1-19-9-11-22(12-10-19)33(30,31)26-16-21-6-5-14-27(17-21)18-25(29)28-15-13-20(2)32-24-8-4-3-7-23(24)28/h3-4,7-12,20-21,26H,5-6,13-18H2,1-2H3. The Morgan fingerprint density at radius 2 is 1.85 bits per heavy atom. The van der Waals surface area contributed by atoms with E-state index in [1.807, 2.05) is 53.9 Å². The van der Waals surface area contributed by atoms with Gasteiger partial charge in [-0.15, -0.1) is 11.8 Å². The highest BCUT2D eigenvalue weighted by Crippen LogP contribution is 2.37. The van der Waals surface area contributed by atoms with Gasteiger partial charge < -0.3 is 4.90 Å². The van der Waals surface area contributed by atoms with E-state index in [4.69, 9.17) is 0 Å². The van der Waals surface area contributed by atoms with Crippen LogP contribution in [0.1, 0.15) is 31.7 Å². The summed E-state index contributed by atoms with van der Waals surface area (Å²) in [4.78, 5) is 18.9. The Bertz CT molecular complexity index is 1070. The van der Waals surface area contributed by atoms with Gasteiger partial charge in [-0.3, -0.25) is 9.69 Å². The number of aryl methyl sites for hydroxylation is 1. The lowest BCUT2D eigenvalue weighted by Crippen LogP contribution is -2.46. The molecule has 0 aromatic heterocycles. The Kier molecular flexibility index (Phi) is 7.79. The average molecular weight is 488 g/mol. The molecule has 0 aliphatic carbocycles. The third kappa shape index (κ3) is 6.18. The quantitative estimate of drug-likeness (QED) is 0.669. The van der Waals surface area contributed by atoms with E-state index < -0.39 is 10.0 Å². The van der Waals surface area contributed by atoms with E-state index in [2.05, 4.69) is 22.6 Å². The summed E-state index contributed by atoms with van der Waals surface area (Å²) in [6, 6.07) is 15.1. The van der Waals surface area contributed by atoms with Gasteiger partial charge in [-0.2, -0.15) is 0 Å². The number of nitrogens with zero attached hydrogens (tertiary/aromatic N) is 2. The number of benzene rings is 2. The molecule has 2 aliphatic heterocycles. The van der Waals surface area contributed by atoms with Crippen molar-refractivity contribution in [2.45, 2.75) is 48.2 Å². The Hall–Kier alpha value is -1.87. The van der Waals surface area contributed by atoms with Gasteiger partial charge in [0.15, 0.2) is 0 Å². The molecule has 1 N–H and O–H groups in total. The van der Waals surface area contributed by atoms with E-state index in [-0.39, 0.29) is 11.8 Å². The first-order chi connectivity index (χ1) is 15.8. The summed E-state index contributed by atoms with van der Waals surface area (Å²) >= 11 is 1.84. The first kappa shape index (κ1) is 24.3. The number of nitrogens with one attached hydrogen (secondary N) is 1. The fraction of sp³-hybridized carbons (Fsp3) is 0.480. The molecule has 6 nitrogen and oxygen atoms in total. The maximum absolute atomic E-state index is 13.3. The second-order valence-electron chi connectivity index (χ2n) is 9.14. The molecular formula is C25H33N3O3S2. The van der Waals surface area contributed by atoms with Crippen molar-refractivity contribution in [1.82, 2.24) is 9.62 Å².